The second kappa shape index (κ2) is 16.2. The Hall–Kier alpha value is -5.06. The molecule has 0 bridgehead atoms. The second-order valence-electron chi connectivity index (χ2n) is 11.9. The van der Waals surface area contributed by atoms with E-state index in [1.165, 1.54) is 34.3 Å². The zero-order valence-corrected chi connectivity index (χ0v) is 28.6. The van der Waals surface area contributed by atoms with Gasteiger partial charge in [-0.1, -0.05) is 56.7 Å². The van der Waals surface area contributed by atoms with Gasteiger partial charge in [0, 0.05) is 18.9 Å². The summed E-state index contributed by atoms with van der Waals surface area (Å²) in [5, 5.41) is 9.05. The van der Waals surface area contributed by atoms with Crippen molar-refractivity contribution in [1.29, 1.82) is 0 Å². The average Bonchev–Trinajstić information content (AvgIpc) is 3.33. The highest BCUT2D eigenvalue weighted by Crippen LogP contribution is 2.50. The van der Waals surface area contributed by atoms with E-state index in [0.29, 0.717) is 47.6 Å². The van der Waals surface area contributed by atoms with Crippen LogP contribution >= 0.6 is 0 Å². The van der Waals surface area contributed by atoms with Crippen molar-refractivity contribution >= 4 is 23.5 Å². The van der Waals surface area contributed by atoms with Crippen molar-refractivity contribution in [3.8, 4) is 28.4 Å². The molecule has 0 aliphatic heterocycles. The molecule has 11 heteroatoms. The summed E-state index contributed by atoms with van der Waals surface area (Å²) in [6, 6.07) is 13.9. The molecule has 0 spiro atoms. The predicted octanol–water partition coefficient (Wildman–Crippen LogP) is 4.59. The van der Waals surface area contributed by atoms with Crippen LogP contribution in [-0.2, 0) is 32.0 Å². The van der Waals surface area contributed by atoms with Crippen molar-refractivity contribution in [3.05, 3.63) is 81.5 Å². The zero-order chi connectivity index (χ0) is 35.0. The van der Waals surface area contributed by atoms with Crippen LogP contribution < -0.4 is 35.6 Å². The number of aryl methyl sites for hydroxylation is 1. The van der Waals surface area contributed by atoms with Crippen molar-refractivity contribution in [2.45, 2.75) is 64.6 Å². The number of hydrogen-bond donors (Lipinski definition) is 3. The van der Waals surface area contributed by atoms with E-state index in [-0.39, 0.29) is 29.4 Å². The first-order valence-corrected chi connectivity index (χ1v) is 16.0. The number of nitrogens with one attached hydrogen (secondary N) is 3. The van der Waals surface area contributed by atoms with Crippen LogP contribution in [0.2, 0.25) is 0 Å². The highest BCUT2D eigenvalue weighted by molar-refractivity contribution is 5.90. The van der Waals surface area contributed by atoms with Gasteiger partial charge in [-0.2, -0.15) is 0 Å². The van der Waals surface area contributed by atoms with Gasteiger partial charge in [0.2, 0.25) is 23.0 Å². The number of carbonyl (C=O) groups excluding carboxylic acids is 3. The molecule has 4 rings (SSSR count). The molecule has 48 heavy (non-hydrogen) atoms. The topological polar surface area (TPSA) is 141 Å². The average molecular weight is 660 g/mol. The Labute approximate surface area is 281 Å². The van der Waals surface area contributed by atoms with E-state index in [4.69, 9.17) is 18.9 Å². The van der Waals surface area contributed by atoms with Gasteiger partial charge in [0.1, 0.15) is 12.1 Å². The van der Waals surface area contributed by atoms with E-state index in [2.05, 4.69) is 16.0 Å². The van der Waals surface area contributed by atoms with Crippen molar-refractivity contribution in [2.24, 2.45) is 5.92 Å². The molecule has 0 unspecified atom stereocenters. The van der Waals surface area contributed by atoms with Crippen LogP contribution in [0.4, 0.5) is 5.69 Å². The molecule has 0 radical (unpaired) electrons. The Balaban J connectivity index is 1.80. The van der Waals surface area contributed by atoms with E-state index < -0.39 is 30.0 Å². The van der Waals surface area contributed by atoms with Crippen LogP contribution in [0.5, 0.6) is 17.2 Å². The molecule has 3 N–H and O–H groups in total. The number of hydrogen-bond acceptors (Lipinski definition) is 9. The Kier molecular flexibility index (Phi) is 12.1. The monoisotopic (exact) mass is 659 g/mol. The molecule has 4 atom stereocenters. The molecule has 11 nitrogen and oxygen atoms in total. The van der Waals surface area contributed by atoms with Gasteiger partial charge in [0.25, 0.3) is 0 Å². The summed E-state index contributed by atoms with van der Waals surface area (Å²) in [6.45, 7) is 5.29. The van der Waals surface area contributed by atoms with E-state index in [1.807, 2.05) is 50.2 Å². The third kappa shape index (κ3) is 7.90. The van der Waals surface area contributed by atoms with Crippen LogP contribution in [0.1, 0.15) is 56.3 Å². The number of esters is 1. The molecule has 2 amide bonds. The highest BCUT2D eigenvalue weighted by atomic mass is 16.5. The number of fused-ring (bicyclic) bond motifs is 3. The van der Waals surface area contributed by atoms with Gasteiger partial charge in [-0.05, 0) is 59.2 Å². The molecule has 256 valence electrons. The lowest BCUT2D eigenvalue weighted by molar-refractivity contribution is -0.145. The Morgan fingerprint density at radius 1 is 0.938 bits per heavy atom. The molecule has 0 saturated heterocycles. The molecule has 1 aliphatic rings. The predicted molar refractivity (Wildman–Crippen MR) is 184 cm³/mol. The minimum absolute atomic E-state index is 0.184. The molecular formula is C37H45N3O8. The lowest BCUT2D eigenvalue weighted by atomic mass is 9.95. The van der Waals surface area contributed by atoms with Gasteiger partial charge in [-0.3, -0.25) is 14.4 Å². The van der Waals surface area contributed by atoms with E-state index in [0.717, 1.165) is 16.7 Å². The van der Waals surface area contributed by atoms with Crippen LogP contribution in [0.3, 0.4) is 0 Å². The van der Waals surface area contributed by atoms with Gasteiger partial charge in [0.15, 0.2) is 11.5 Å². The first-order chi connectivity index (χ1) is 23.1. The van der Waals surface area contributed by atoms with Gasteiger partial charge in [-0.15, -0.1) is 0 Å². The third-order valence-corrected chi connectivity index (χ3v) is 8.81. The number of ether oxygens (including phenoxy) is 4. The molecule has 1 aliphatic carbocycles. The maximum atomic E-state index is 14.0. The summed E-state index contributed by atoms with van der Waals surface area (Å²) in [5.74, 6) is -0.123. The normalized spacial score (nSPS) is 15.3. The van der Waals surface area contributed by atoms with Gasteiger partial charge in [-0.25, -0.2) is 4.79 Å². The van der Waals surface area contributed by atoms with Crippen LogP contribution in [0, 0.1) is 5.92 Å². The van der Waals surface area contributed by atoms with Crippen molar-refractivity contribution in [2.75, 3.05) is 33.8 Å². The largest absolute Gasteiger partial charge is 0.493 e. The van der Waals surface area contributed by atoms with Gasteiger partial charge < -0.3 is 34.9 Å². The Morgan fingerprint density at radius 3 is 2.25 bits per heavy atom. The zero-order valence-electron chi connectivity index (χ0n) is 28.6. The van der Waals surface area contributed by atoms with Crippen LogP contribution in [-0.4, -0.2) is 58.3 Å². The maximum Gasteiger partial charge on any atom is 0.328 e. The summed E-state index contributed by atoms with van der Waals surface area (Å²) in [4.78, 5) is 52.8. The van der Waals surface area contributed by atoms with E-state index in [1.54, 1.807) is 19.2 Å². The molecular weight excluding hydrogens is 614 g/mol. The summed E-state index contributed by atoms with van der Waals surface area (Å²) in [6.07, 6.45) is 1.94. The van der Waals surface area contributed by atoms with Gasteiger partial charge >= 0.3 is 5.97 Å². The number of amides is 2. The summed E-state index contributed by atoms with van der Waals surface area (Å²) in [5.41, 5.74) is 3.56. The van der Waals surface area contributed by atoms with Crippen molar-refractivity contribution in [3.63, 3.8) is 0 Å². The molecule has 3 aromatic carbocycles. The fourth-order valence-electron chi connectivity index (χ4n) is 6.14. The molecule has 0 fully saturated rings. The number of methoxy groups -OCH3 is 4. The Morgan fingerprint density at radius 2 is 1.65 bits per heavy atom. The van der Waals surface area contributed by atoms with Gasteiger partial charge in [0.05, 0.1) is 40.2 Å². The number of benzene rings is 2. The van der Waals surface area contributed by atoms with E-state index >= 15 is 0 Å². The van der Waals surface area contributed by atoms with Crippen LogP contribution in [0.15, 0.2) is 59.4 Å². The summed E-state index contributed by atoms with van der Waals surface area (Å²) >= 11 is 0. The number of carbonyl (C=O) groups is 3. The fraction of sp³-hybridized carbons (Fsp3) is 0.405. The number of rotatable bonds is 13. The Bertz CT molecular complexity index is 1690. The SMILES string of the molecule is CC[C@H](C)[C@H](Nc1ccc2c(cc1=O)[C@@H](NC(C)=O)CCc1cc(OC)c(OC)c(OC)c1-2)C(=O)N[C@@H](Cc1ccccc1)C(=O)OC. The smallest absolute Gasteiger partial charge is 0.328 e. The molecule has 3 aromatic rings. The van der Waals surface area contributed by atoms with E-state index in [9.17, 15) is 19.2 Å². The minimum Gasteiger partial charge on any atom is -0.493 e. The minimum atomic E-state index is -0.928. The van der Waals surface area contributed by atoms with Crippen molar-refractivity contribution in [1.82, 2.24) is 10.6 Å². The quantitative estimate of drug-likeness (QED) is 0.225. The fourth-order valence-corrected chi connectivity index (χ4v) is 6.14. The first kappa shape index (κ1) is 35.8. The second-order valence-corrected chi connectivity index (χ2v) is 11.9. The van der Waals surface area contributed by atoms with Crippen molar-refractivity contribution < 1.29 is 33.3 Å². The summed E-state index contributed by atoms with van der Waals surface area (Å²) in [7, 11) is 5.89. The lowest BCUT2D eigenvalue weighted by Gasteiger charge is -2.26. The molecule has 0 aromatic heterocycles. The first-order valence-electron chi connectivity index (χ1n) is 16.0. The van der Waals surface area contributed by atoms with Crippen LogP contribution in [0.25, 0.3) is 11.1 Å². The lowest BCUT2D eigenvalue weighted by Crippen LogP contribution is -2.51. The molecule has 0 heterocycles. The third-order valence-electron chi connectivity index (χ3n) is 8.81. The molecule has 0 saturated carbocycles. The summed E-state index contributed by atoms with van der Waals surface area (Å²) < 4.78 is 22.2. The maximum absolute atomic E-state index is 14.0. The standard InChI is InChI=1S/C37H45N3O8/c1-8-21(2)33(36(43)40-29(37(44)48-7)18-23-12-10-9-11-13-23)39-28-17-15-25-26(20-30(28)42)27(38-22(3)41)16-14-24-19-31(45-4)34(46-5)35(47-6)32(24)25/h9-13,15,17,19-21,27,29,33H,8,14,16,18H2,1-7H3,(H,38,41)(H,39,42)(H,40,43)/t21-,27-,29-,33-/m0/s1. The number of anilines is 1. The highest BCUT2D eigenvalue weighted by Gasteiger charge is 2.32.